The third-order valence-electron chi connectivity index (χ3n) is 3.12. The molecule has 3 heterocycles. The molecule has 8 heteroatoms. The Morgan fingerprint density at radius 1 is 1.38 bits per heavy atom. The molecule has 21 heavy (non-hydrogen) atoms. The monoisotopic (exact) mass is 304 g/mol. The number of nitrogens with two attached hydrogens (primary N) is 1. The molecular formula is C13H13ClN6O. The highest BCUT2D eigenvalue weighted by Crippen LogP contribution is 2.32. The smallest absolute Gasteiger partial charge is 0.262 e. The second kappa shape index (κ2) is 4.85. The van der Waals surface area contributed by atoms with E-state index in [1.807, 2.05) is 13.8 Å². The van der Waals surface area contributed by atoms with Gasteiger partial charge in [-0.2, -0.15) is 5.10 Å². The Kier molecular flexibility index (Phi) is 3.13. The second-order valence-corrected chi connectivity index (χ2v) is 5.31. The van der Waals surface area contributed by atoms with Crippen molar-refractivity contribution in [3.05, 3.63) is 34.0 Å². The van der Waals surface area contributed by atoms with E-state index in [0.717, 1.165) is 0 Å². The van der Waals surface area contributed by atoms with Gasteiger partial charge in [-0.25, -0.2) is 14.6 Å². The molecule has 0 aliphatic heterocycles. The van der Waals surface area contributed by atoms with Crippen LogP contribution in [0.4, 0.5) is 5.82 Å². The predicted octanol–water partition coefficient (Wildman–Crippen LogP) is 2.00. The Hall–Kier alpha value is -2.41. The lowest BCUT2D eigenvalue weighted by molar-refractivity contribution is 0.548. The number of rotatable bonds is 2. The van der Waals surface area contributed by atoms with E-state index in [9.17, 15) is 4.79 Å². The Morgan fingerprint density at radius 2 is 2.14 bits per heavy atom. The van der Waals surface area contributed by atoms with Gasteiger partial charge in [0.15, 0.2) is 5.65 Å². The van der Waals surface area contributed by atoms with Crippen LogP contribution >= 0.6 is 11.6 Å². The SMILES string of the molecule is CC(C)n1nc(-c2cc(N)ncc2Cl)c2c(=O)[nH]cnc21. The first kappa shape index (κ1) is 13.6. The maximum absolute atomic E-state index is 12.2. The summed E-state index contributed by atoms with van der Waals surface area (Å²) in [6.45, 7) is 3.92. The fraction of sp³-hybridized carbons (Fsp3) is 0.231. The number of anilines is 1. The van der Waals surface area contributed by atoms with Crippen LogP contribution in [0.2, 0.25) is 5.02 Å². The summed E-state index contributed by atoms with van der Waals surface area (Å²) in [5.74, 6) is 0.307. The average molecular weight is 305 g/mol. The summed E-state index contributed by atoms with van der Waals surface area (Å²) in [5.41, 5.74) is 6.96. The van der Waals surface area contributed by atoms with E-state index >= 15 is 0 Å². The third kappa shape index (κ3) is 2.15. The molecule has 0 atom stereocenters. The zero-order valence-electron chi connectivity index (χ0n) is 11.5. The standard InChI is InChI=1S/C13H13ClN6O/c1-6(2)20-12-10(13(21)18-5-17-12)11(19-20)7-3-9(15)16-4-8(7)14/h3-6H,1-2H3,(H2,15,16)(H,17,18,21). The molecule has 3 N–H and O–H groups in total. The van der Waals surface area contributed by atoms with Gasteiger partial charge in [0.05, 0.1) is 11.3 Å². The quantitative estimate of drug-likeness (QED) is 0.753. The maximum atomic E-state index is 12.2. The van der Waals surface area contributed by atoms with Crippen LogP contribution in [0, 0.1) is 0 Å². The van der Waals surface area contributed by atoms with Crippen LogP contribution in [0.15, 0.2) is 23.4 Å². The first-order chi connectivity index (χ1) is 9.99. The third-order valence-corrected chi connectivity index (χ3v) is 3.42. The number of aromatic amines is 1. The van der Waals surface area contributed by atoms with Crippen LogP contribution in [0.3, 0.4) is 0 Å². The number of nitrogens with one attached hydrogen (secondary N) is 1. The molecule has 108 valence electrons. The Labute approximate surface area is 124 Å². The van der Waals surface area contributed by atoms with Crippen LogP contribution in [0.25, 0.3) is 22.3 Å². The number of fused-ring (bicyclic) bond motifs is 1. The van der Waals surface area contributed by atoms with E-state index in [-0.39, 0.29) is 11.6 Å². The molecule has 3 rings (SSSR count). The van der Waals surface area contributed by atoms with Gasteiger partial charge in [-0.15, -0.1) is 0 Å². The lowest BCUT2D eigenvalue weighted by Crippen LogP contribution is -2.08. The average Bonchev–Trinajstić information content (AvgIpc) is 2.82. The van der Waals surface area contributed by atoms with Crippen molar-refractivity contribution in [3.8, 4) is 11.3 Å². The molecule has 0 bridgehead atoms. The van der Waals surface area contributed by atoms with Crippen LogP contribution in [0.5, 0.6) is 0 Å². The van der Waals surface area contributed by atoms with Crippen molar-refractivity contribution in [1.82, 2.24) is 24.7 Å². The molecule has 0 aliphatic carbocycles. The fourth-order valence-electron chi connectivity index (χ4n) is 2.17. The molecule has 0 fully saturated rings. The van der Waals surface area contributed by atoms with Crippen LogP contribution in [-0.4, -0.2) is 24.7 Å². The number of nitrogen functional groups attached to an aromatic ring is 1. The molecule has 0 saturated carbocycles. The lowest BCUT2D eigenvalue weighted by Gasteiger charge is -2.05. The largest absolute Gasteiger partial charge is 0.384 e. The van der Waals surface area contributed by atoms with Crippen LogP contribution in [0.1, 0.15) is 19.9 Å². The molecule has 0 amide bonds. The normalized spacial score (nSPS) is 11.4. The molecule has 3 aromatic heterocycles. The number of aromatic nitrogens is 5. The first-order valence-corrected chi connectivity index (χ1v) is 6.74. The van der Waals surface area contributed by atoms with E-state index in [0.29, 0.717) is 33.1 Å². The number of nitrogens with zero attached hydrogens (tertiary/aromatic N) is 4. The number of hydrogen-bond donors (Lipinski definition) is 2. The number of hydrogen-bond acceptors (Lipinski definition) is 5. The second-order valence-electron chi connectivity index (χ2n) is 4.91. The molecular weight excluding hydrogens is 292 g/mol. The fourth-order valence-corrected chi connectivity index (χ4v) is 2.36. The van der Waals surface area contributed by atoms with Gasteiger partial charge in [-0.1, -0.05) is 11.6 Å². The van der Waals surface area contributed by atoms with Gasteiger partial charge in [0.1, 0.15) is 16.9 Å². The van der Waals surface area contributed by atoms with Gasteiger partial charge >= 0.3 is 0 Å². The number of pyridine rings is 1. The number of H-pyrrole nitrogens is 1. The lowest BCUT2D eigenvalue weighted by atomic mass is 10.1. The molecule has 0 aliphatic rings. The molecule has 0 spiro atoms. The highest BCUT2D eigenvalue weighted by molar-refractivity contribution is 6.33. The highest BCUT2D eigenvalue weighted by atomic mass is 35.5. The summed E-state index contributed by atoms with van der Waals surface area (Å²) in [4.78, 5) is 22.9. The topological polar surface area (TPSA) is 102 Å². The van der Waals surface area contributed by atoms with Crippen molar-refractivity contribution in [2.75, 3.05) is 5.73 Å². The maximum Gasteiger partial charge on any atom is 0.262 e. The van der Waals surface area contributed by atoms with E-state index in [1.165, 1.54) is 12.5 Å². The van der Waals surface area contributed by atoms with Crippen molar-refractivity contribution < 1.29 is 0 Å². The zero-order chi connectivity index (χ0) is 15.1. The predicted molar refractivity (Wildman–Crippen MR) is 81.2 cm³/mol. The Balaban J connectivity index is 2.43. The van der Waals surface area contributed by atoms with Crippen LogP contribution in [-0.2, 0) is 0 Å². The van der Waals surface area contributed by atoms with Gasteiger partial charge < -0.3 is 10.7 Å². The minimum atomic E-state index is -0.270. The minimum Gasteiger partial charge on any atom is -0.384 e. The summed E-state index contributed by atoms with van der Waals surface area (Å²) < 4.78 is 1.69. The van der Waals surface area contributed by atoms with Crippen LogP contribution < -0.4 is 11.3 Å². The molecule has 0 aromatic carbocycles. The summed E-state index contributed by atoms with van der Waals surface area (Å²) >= 11 is 6.17. The molecule has 0 radical (unpaired) electrons. The summed E-state index contributed by atoms with van der Waals surface area (Å²) in [6.07, 6.45) is 2.80. The number of halogens is 1. The van der Waals surface area contributed by atoms with E-state index in [2.05, 4.69) is 20.1 Å². The van der Waals surface area contributed by atoms with Gasteiger partial charge in [-0.3, -0.25) is 4.79 Å². The van der Waals surface area contributed by atoms with Crippen molar-refractivity contribution in [3.63, 3.8) is 0 Å². The molecule has 0 unspecified atom stereocenters. The van der Waals surface area contributed by atoms with Gasteiger partial charge in [0.25, 0.3) is 5.56 Å². The van der Waals surface area contributed by atoms with Crippen molar-refractivity contribution in [2.45, 2.75) is 19.9 Å². The van der Waals surface area contributed by atoms with Gasteiger partial charge in [0.2, 0.25) is 0 Å². The first-order valence-electron chi connectivity index (χ1n) is 6.36. The van der Waals surface area contributed by atoms with E-state index < -0.39 is 0 Å². The summed E-state index contributed by atoms with van der Waals surface area (Å²) in [5, 5.41) is 5.25. The Bertz CT molecular complexity index is 882. The van der Waals surface area contributed by atoms with Gasteiger partial charge in [0, 0.05) is 17.8 Å². The summed E-state index contributed by atoms with van der Waals surface area (Å²) in [7, 11) is 0. The zero-order valence-corrected chi connectivity index (χ0v) is 12.2. The molecule has 0 saturated heterocycles. The van der Waals surface area contributed by atoms with Crippen molar-refractivity contribution >= 4 is 28.5 Å². The Morgan fingerprint density at radius 3 is 2.86 bits per heavy atom. The van der Waals surface area contributed by atoms with Gasteiger partial charge in [-0.05, 0) is 19.9 Å². The van der Waals surface area contributed by atoms with Crippen molar-refractivity contribution in [2.24, 2.45) is 0 Å². The van der Waals surface area contributed by atoms with E-state index in [4.69, 9.17) is 17.3 Å². The van der Waals surface area contributed by atoms with Crippen molar-refractivity contribution in [1.29, 1.82) is 0 Å². The molecule has 7 nitrogen and oxygen atoms in total. The van der Waals surface area contributed by atoms with E-state index in [1.54, 1.807) is 10.7 Å². The highest BCUT2D eigenvalue weighted by Gasteiger charge is 2.20. The minimum absolute atomic E-state index is 0.0495. The molecule has 3 aromatic rings. The summed E-state index contributed by atoms with van der Waals surface area (Å²) in [6, 6.07) is 1.65.